The lowest BCUT2D eigenvalue weighted by Gasteiger charge is -2.22. The highest BCUT2D eigenvalue weighted by molar-refractivity contribution is 5.81. The van der Waals surface area contributed by atoms with Gasteiger partial charge in [0, 0.05) is 19.8 Å². The molecule has 0 saturated carbocycles. The number of methoxy groups -OCH3 is 1. The van der Waals surface area contributed by atoms with Gasteiger partial charge in [0.15, 0.2) is 0 Å². The van der Waals surface area contributed by atoms with Gasteiger partial charge in [-0.15, -0.1) is 0 Å². The average molecular weight is 262 g/mol. The second kappa shape index (κ2) is 5.09. The first-order chi connectivity index (χ1) is 9.29. The summed E-state index contributed by atoms with van der Waals surface area (Å²) >= 11 is 0. The number of para-hydroxylation sites is 1. The molecular formula is C14H18N2O3. The van der Waals surface area contributed by atoms with Crippen molar-refractivity contribution in [3.8, 4) is 5.75 Å². The van der Waals surface area contributed by atoms with Gasteiger partial charge in [-0.25, -0.2) is 4.79 Å². The molecule has 1 aliphatic rings. The minimum absolute atomic E-state index is 0.0639. The Kier molecular flexibility index (Phi) is 3.29. The van der Waals surface area contributed by atoms with Crippen molar-refractivity contribution in [2.45, 2.75) is 19.4 Å². The summed E-state index contributed by atoms with van der Waals surface area (Å²) in [6, 6.07) is 5.67. The van der Waals surface area contributed by atoms with Gasteiger partial charge in [0.05, 0.1) is 12.6 Å². The molecule has 1 fully saturated rings. The molecule has 0 atom stereocenters. The summed E-state index contributed by atoms with van der Waals surface area (Å²) in [4.78, 5) is 15.0. The molecular weight excluding hydrogens is 244 g/mol. The number of imidazole rings is 1. The fourth-order valence-corrected chi connectivity index (χ4v) is 2.71. The van der Waals surface area contributed by atoms with Gasteiger partial charge in [-0.05, 0) is 30.9 Å². The fraction of sp³-hybridized carbons (Fsp3) is 0.500. The third-order valence-corrected chi connectivity index (χ3v) is 3.76. The molecule has 1 aliphatic heterocycles. The lowest BCUT2D eigenvalue weighted by molar-refractivity contribution is 0.0613. The van der Waals surface area contributed by atoms with E-state index in [4.69, 9.17) is 9.47 Å². The first kappa shape index (κ1) is 12.3. The maximum atomic E-state index is 12.1. The Bertz CT molecular complexity index is 623. The smallest absolute Gasteiger partial charge is 0.326 e. The van der Waals surface area contributed by atoms with Crippen LogP contribution >= 0.6 is 0 Å². The molecule has 0 radical (unpaired) electrons. The number of hydrogen-bond donors (Lipinski definition) is 1. The van der Waals surface area contributed by atoms with Crippen LogP contribution in [0.5, 0.6) is 5.75 Å². The topological polar surface area (TPSA) is 56.2 Å². The molecule has 0 aliphatic carbocycles. The number of H-pyrrole nitrogens is 1. The minimum Gasteiger partial charge on any atom is -0.494 e. The van der Waals surface area contributed by atoms with Crippen molar-refractivity contribution in [3.63, 3.8) is 0 Å². The van der Waals surface area contributed by atoms with E-state index in [0.29, 0.717) is 5.92 Å². The van der Waals surface area contributed by atoms with E-state index >= 15 is 0 Å². The van der Waals surface area contributed by atoms with Gasteiger partial charge in [0.2, 0.25) is 0 Å². The summed E-state index contributed by atoms with van der Waals surface area (Å²) in [6.45, 7) is 2.31. The summed E-state index contributed by atoms with van der Waals surface area (Å²) in [5.74, 6) is 1.23. The number of nitrogens with zero attached hydrogens (tertiary/aromatic N) is 1. The number of benzene rings is 1. The van der Waals surface area contributed by atoms with Crippen molar-refractivity contribution in [1.82, 2.24) is 9.55 Å². The molecule has 0 bridgehead atoms. The molecule has 1 saturated heterocycles. The van der Waals surface area contributed by atoms with Crippen LogP contribution < -0.4 is 10.4 Å². The maximum Gasteiger partial charge on any atom is 0.326 e. The first-order valence-electron chi connectivity index (χ1n) is 6.63. The van der Waals surface area contributed by atoms with Crippen LogP contribution in [0, 0.1) is 5.92 Å². The molecule has 1 N–H and O–H groups in total. The standard InChI is InChI=1S/C14H18N2O3/c1-18-12-4-2-3-11-13(12)16(14(17)15-11)9-10-5-7-19-8-6-10/h2-4,10H,5-9H2,1H3,(H,15,17). The summed E-state index contributed by atoms with van der Waals surface area (Å²) in [7, 11) is 1.63. The van der Waals surface area contributed by atoms with Crippen LogP contribution in [-0.2, 0) is 11.3 Å². The van der Waals surface area contributed by atoms with Gasteiger partial charge in [-0.3, -0.25) is 4.57 Å². The van der Waals surface area contributed by atoms with Crippen molar-refractivity contribution in [2.24, 2.45) is 5.92 Å². The maximum absolute atomic E-state index is 12.1. The third-order valence-electron chi connectivity index (χ3n) is 3.76. The number of fused-ring (bicyclic) bond motifs is 1. The molecule has 2 aromatic rings. The van der Waals surface area contributed by atoms with E-state index < -0.39 is 0 Å². The number of nitrogens with one attached hydrogen (secondary N) is 1. The van der Waals surface area contributed by atoms with Crippen LogP contribution in [0.3, 0.4) is 0 Å². The van der Waals surface area contributed by atoms with E-state index in [9.17, 15) is 4.79 Å². The van der Waals surface area contributed by atoms with Crippen molar-refractivity contribution in [3.05, 3.63) is 28.7 Å². The molecule has 1 aromatic heterocycles. The van der Waals surface area contributed by atoms with Crippen molar-refractivity contribution < 1.29 is 9.47 Å². The highest BCUT2D eigenvalue weighted by atomic mass is 16.5. The Hall–Kier alpha value is -1.75. The van der Waals surface area contributed by atoms with Crippen molar-refractivity contribution in [1.29, 1.82) is 0 Å². The largest absolute Gasteiger partial charge is 0.494 e. The molecule has 5 heteroatoms. The normalized spacial score (nSPS) is 16.9. The average Bonchev–Trinajstić information content (AvgIpc) is 2.76. The summed E-state index contributed by atoms with van der Waals surface area (Å²) in [5.41, 5.74) is 1.63. The van der Waals surface area contributed by atoms with E-state index in [2.05, 4.69) is 4.98 Å². The Balaban J connectivity index is 2.01. The van der Waals surface area contributed by atoms with E-state index in [1.807, 2.05) is 18.2 Å². The van der Waals surface area contributed by atoms with Gasteiger partial charge in [-0.2, -0.15) is 0 Å². The number of rotatable bonds is 3. The zero-order chi connectivity index (χ0) is 13.2. The molecule has 2 heterocycles. The monoisotopic (exact) mass is 262 g/mol. The molecule has 19 heavy (non-hydrogen) atoms. The lowest BCUT2D eigenvalue weighted by Crippen LogP contribution is -2.26. The molecule has 0 unspecified atom stereocenters. The fourth-order valence-electron chi connectivity index (χ4n) is 2.71. The molecule has 102 valence electrons. The highest BCUT2D eigenvalue weighted by Crippen LogP contribution is 2.25. The van der Waals surface area contributed by atoms with Crippen LogP contribution in [-0.4, -0.2) is 29.9 Å². The predicted octanol–water partition coefficient (Wildman–Crippen LogP) is 1.76. The van der Waals surface area contributed by atoms with Gasteiger partial charge in [0.25, 0.3) is 0 Å². The van der Waals surface area contributed by atoms with Crippen LogP contribution in [0.15, 0.2) is 23.0 Å². The molecule has 3 rings (SSSR count). The van der Waals surface area contributed by atoms with Crippen LogP contribution in [0.4, 0.5) is 0 Å². The van der Waals surface area contributed by atoms with E-state index in [1.54, 1.807) is 11.7 Å². The Morgan fingerprint density at radius 1 is 1.42 bits per heavy atom. The predicted molar refractivity (Wildman–Crippen MR) is 72.7 cm³/mol. The highest BCUT2D eigenvalue weighted by Gasteiger charge is 2.18. The minimum atomic E-state index is -0.0639. The summed E-state index contributed by atoms with van der Waals surface area (Å²) in [6.07, 6.45) is 2.02. The molecule has 0 amide bonds. The van der Waals surface area contributed by atoms with Crippen molar-refractivity contribution in [2.75, 3.05) is 20.3 Å². The first-order valence-corrected chi connectivity index (χ1v) is 6.63. The molecule has 1 aromatic carbocycles. The van der Waals surface area contributed by atoms with Gasteiger partial charge in [0.1, 0.15) is 11.3 Å². The zero-order valence-corrected chi connectivity index (χ0v) is 11.0. The van der Waals surface area contributed by atoms with Gasteiger partial charge < -0.3 is 14.5 Å². The van der Waals surface area contributed by atoms with Gasteiger partial charge >= 0.3 is 5.69 Å². The quantitative estimate of drug-likeness (QED) is 0.917. The number of hydrogen-bond acceptors (Lipinski definition) is 3. The second-order valence-electron chi connectivity index (χ2n) is 4.95. The van der Waals surface area contributed by atoms with E-state index in [-0.39, 0.29) is 5.69 Å². The van der Waals surface area contributed by atoms with Crippen molar-refractivity contribution >= 4 is 11.0 Å². The van der Waals surface area contributed by atoms with E-state index in [0.717, 1.165) is 49.4 Å². The zero-order valence-electron chi connectivity index (χ0n) is 11.0. The molecule has 5 nitrogen and oxygen atoms in total. The number of aromatic amines is 1. The summed E-state index contributed by atoms with van der Waals surface area (Å²) in [5, 5.41) is 0. The molecule has 0 spiro atoms. The number of aromatic nitrogens is 2. The number of ether oxygens (including phenoxy) is 2. The third kappa shape index (κ3) is 2.26. The summed E-state index contributed by atoms with van der Waals surface area (Å²) < 4.78 is 12.5. The van der Waals surface area contributed by atoms with Crippen LogP contribution in [0.2, 0.25) is 0 Å². The van der Waals surface area contributed by atoms with Crippen LogP contribution in [0.1, 0.15) is 12.8 Å². The Morgan fingerprint density at radius 2 is 2.21 bits per heavy atom. The van der Waals surface area contributed by atoms with Gasteiger partial charge in [-0.1, -0.05) is 6.07 Å². The lowest BCUT2D eigenvalue weighted by atomic mass is 10.0. The SMILES string of the molecule is COc1cccc2[nH]c(=O)n(CC3CCOCC3)c12. The van der Waals surface area contributed by atoms with E-state index in [1.165, 1.54) is 0 Å². The van der Waals surface area contributed by atoms with Crippen LogP contribution in [0.25, 0.3) is 11.0 Å². The Labute approximate surface area is 111 Å². The second-order valence-corrected chi connectivity index (χ2v) is 4.95. The Morgan fingerprint density at radius 3 is 2.95 bits per heavy atom.